The maximum atomic E-state index is 12.3. The Labute approximate surface area is 125 Å². The first kappa shape index (κ1) is 15.4. The molecule has 2 heterocycles. The van der Waals surface area contributed by atoms with E-state index in [0.717, 1.165) is 12.1 Å². The Morgan fingerprint density at radius 1 is 1.29 bits per heavy atom. The van der Waals surface area contributed by atoms with E-state index in [2.05, 4.69) is 41.2 Å². The highest BCUT2D eigenvalue weighted by Gasteiger charge is 2.28. The third kappa shape index (κ3) is 3.77. The van der Waals surface area contributed by atoms with E-state index in [1.807, 2.05) is 26.8 Å². The van der Waals surface area contributed by atoms with E-state index < -0.39 is 0 Å². The van der Waals surface area contributed by atoms with Crippen LogP contribution in [0.5, 0.6) is 0 Å². The summed E-state index contributed by atoms with van der Waals surface area (Å²) in [4.78, 5) is 20.6. The van der Waals surface area contributed by atoms with Crippen LogP contribution in [0, 0.1) is 12.3 Å². The van der Waals surface area contributed by atoms with Crippen LogP contribution in [0.15, 0.2) is 12.3 Å². The summed E-state index contributed by atoms with van der Waals surface area (Å²) in [6.07, 6.45) is 2.51. The quantitative estimate of drug-likeness (QED) is 0.941. The molecule has 0 bridgehead atoms. The fourth-order valence-electron chi connectivity index (χ4n) is 2.74. The van der Waals surface area contributed by atoms with Gasteiger partial charge in [-0.3, -0.25) is 4.79 Å². The fraction of sp³-hybridized carbons (Fsp3) is 0.600. The minimum absolute atomic E-state index is 0.126. The third-order valence-corrected chi connectivity index (χ3v) is 3.06. The fourth-order valence-corrected chi connectivity index (χ4v) is 2.74. The molecule has 1 N–H and O–H groups in total. The first-order chi connectivity index (χ1) is 9.57. The van der Waals surface area contributed by atoms with Crippen molar-refractivity contribution in [2.45, 2.75) is 53.5 Å². The predicted octanol–water partition coefficient (Wildman–Crippen LogP) is 2.38. The van der Waals surface area contributed by atoms with Crippen LogP contribution >= 0.6 is 0 Å². The van der Waals surface area contributed by atoms with Gasteiger partial charge in [0.25, 0.3) is 11.7 Å². The zero-order chi connectivity index (χ0) is 15.8. The van der Waals surface area contributed by atoms with Crippen molar-refractivity contribution < 1.29 is 4.79 Å². The first-order valence-corrected chi connectivity index (χ1v) is 7.08. The van der Waals surface area contributed by atoms with Crippen LogP contribution in [0.25, 0.3) is 5.78 Å². The molecule has 0 spiro atoms. The van der Waals surface area contributed by atoms with Crippen LogP contribution in [0.2, 0.25) is 0 Å². The summed E-state index contributed by atoms with van der Waals surface area (Å²) in [5, 5.41) is 7.23. The van der Waals surface area contributed by atoms with E-state index in [0.29, 0.717) is 5.78 Å². The van der Waals surface area contributed by atoms with Crippen LogP contribution in [0.4, 0.5) is 0 Å². The van der Waals surface area contributed by atoms with Crippen molar-refractivity contribution in [2.75, 3.05) is 0 Å². The van der Waals surface area contributed by atoms with Gasteiger partial charge >= 0.3 is 0 Å². The summed E-state index contributed by atoms with van der Waals surface area (Å²) >= 11 is 0. The van der Waals surface area contributed by atoms with Gasteiger partial charge in [-0.2, -0.15) is 4.98 Å². The minimum atomic E-state index is -0.324. The van der Waals surface area contributed by atoms with Crippen LogP contribution in [0.1, 0.15) is 57.4 Å². The molecule has 114 valence electrons. The molecule has 2 rings (SSSR count). The summed E-state index contributed by atoms with van der Waals surface area (Å²) in [5.74, 6) is 0.321. The topological polar surface area (TPSA) is 72.2 Å². The Bertz CT molecular complexity index is 666. The molecule has 0 saturated heterocycles. The average molecular weight is 289 g/mol. The molecule has 21 heavy (non-hydrogen) atoms. The maximum absolute atomic E-state index is 12.3. The molecule has 0 aliphatic carbocycles. The average Bonchev–Trinajstić information content (AvgIpc) is 2.70. The van der Waals surface area contributed by atoms with Crippen molar-refractivity contribution in [1.82, 2.24) is 24.9 Å². The largest absolute Gasteiger partial charge is 0.344 e. The van der Waals surface area contributed by atoms with Gasteiger partial charge in [-0.25, -0.2) is 9.50 Å². The molecule has 0 unspecified atom stereocenters. The van der Waals surface area contributed by atoms with Crippen molar-refractivity contribution in [3.8, 4) is 0 Å². The monoisotopic (exact) mass is 289 g/mol. The van der Waals surface area contributed by atoms with Gasteiger partial charge in [-0.1, -0.05) is 20.8 Å². The smallest absolute Gasteiger partial charge is 0.291 e. The normalized spacial score (nSPS) is 12.7. The number of fused-ring (bicyclic) bond motifs is 1. The lowest BCUT2D eigenvalue weighted by atomic mass is 9.82. The molecule has 0 aliphatic rings. The number of carbonyl (C=O) groups is 1. The molecule has 2 aromatic rings. The van der Waals surface area contributed by atoms with Gasteiger partial charge in [0.05, 0.1) is 0 Å². The van der Waals surface area contributed by atoms with Crippen LogP contribution in [-0.4, -0.2) is 31.0 Å². The summed E-state index contributed by atoms with van der Waals surface area (Å²) in [7, 11) is 0. The molecule has 0 aliphatic heterocycles. The van der Waals surface area contributed by atoms with Crippen LogP contribution in [0.3, 0.4) is 0 Å². The summed E-state index contributed by atoms with van der Waals surface area (Å²) in [6, 6.07) is 1.83. The number of aromatic nitrogens is 4. The summed E-state index contributed by atoms with van der Waals surface area (Å²) in [5.41, 5.74) is 0.691. The van der Waals surface area contributed by atoms with Crippen molar-refractivity contribution in [3.05, 3.63) is 23.8 Å². The Kier molecular flexibility index (Phi) is 3.74. The molecule has 0 aromatic carbocycles. The third-order valence-electron chi connectivity index (χ3n) is 3.06. The van der Waals surface area contributed by atoms with Gasteiger partial charge in [0.2, 0.25) is 5.82 Å². The van der Waals surface area contributed by atoms with Gasteiger partial charge < -0.3 is 5.32 Å². The second kappa shape index (κ2) is 5.09. The second-order valence-corrected chi connectivity index (χ2v) is 7.31. The SMILES string of the molecule is Cc1ccnc2nc(C(=O)NC(C)(C)CC(C)(C)C)nn12. The number of nitrogens with one attached hydrogen (secondary N) is 1. The van der Waals surface area contributed by atoms with Crippen LogP contribution in [-0.2, 0) is 0 Å². The van der Waals surface area contributed by atoms with Gasteiger partial charge in [-0.05, 0) is 38.7 Å². The highest BCUT2D eigenvalue weighted by atomic mass is 16.2. The Balaban J connectivity index is 2.21. The molecule has 6 heteroatoms. The maximum Gasteiger partial charge on any atom is 0.291 e. The summed E-state index contributed by atoms with van der Waals surface area (Å²) in [6.45, 7) is 12.4. The lowest BCUT2D eigenvalue weighted by molar-refractivity contribution is 0.0881. The molecule has 0 fully saturated rings. The number of hydrogen-bond acceptors (Lipinski definition) is 4. The van der Waals surface area contributed by atoms with E-state index >= 15 is 0 Å². The molecular weight excluding hydrogens is 266 g/mol. The molecule has 2 aromatic heterocycles. The Morgan fingerprint density at radius 2 is 1.95 bits per heavy atom. The van der Waals surface area contributed by atoms with Gasteiger partial charge in [0.15, 0.2) is 0 Å². The molecule has 0 radical (unpaired) electrons. The van der Waals surface area contributed by atoms with Gasteiger partial charge in [0, 0.05) is 17.4 Å². The van der Waals surface area contributed by atoms with Crippen molar-refractivity contribution in [3.63, 3.8) is 0 Å². The molecule has 0 atom stereocenters. The highest BCUT2D eigenvalue weighted by Crippen LogP contribution is 2.26. The standard InChI is InChI=1S/C15H23N5O/c1-10-7-8-16-13-17-11(19-20(10)13)12(21)18-15(5,6)9-14(2,3)4/h7-8H,9H2,1-6H3,(H,18,21). The predicted molar refractivity (Wildman–Crippen MR) is 81.1 cm³/mol. The molecular formula is C15H23N5O. The van der Waals surface area contributed by atoms with E-state index in [4.69, 9.17) is 0 Å². The molecule has 0 saturated carbocycles. The number of nitrogens with zero attached hydrogens (tertiary/aromatic N) is 4. The van der Waals surface area contributed by atoms with Gasteiger partial charge in [-0.15, -0.1) is 5.10 Å². The van der Waals surface area contributed by atoms with E-state index in [9.17, 15) is 4.79 Å². The number of hydrogen-bond donors (Lipinski definition) is 1. The lowest BCUT2D eigenvalue weighted by Gasteiger charge is -2.32. The number of aryl methyl sites for hydroxylation is 1. The van der Waals surface area contributed by atoms with Crippen molar-refractivity contribution >= 4 is 11.7 Å². The first-order valence-electron chi connectivity index (χ1n) is 7.08. The van der Waals surface area contributed by atoms with Crippen LogP contribution < -0.4 is 5.32 Å². The molecule has 6 nitrogen and oxygen atoms in total. The molecule has 1 amide bonds. The Hall–Kier alpha value is -1.98. The second-order valence-electron chi connectivity index (χ2n) is 7.31. The highest BCUT2D eigenvalue weighted by molar-refractivity contribution is 5.91. The number of carbonyl (C=O) groups excluding carboxylic acids is 1. The van der Waals surface area contributed by atoms with Gasteiger partial charge in [0.1, 0.15) is 0 Å². The number of amides is 1. The Morgan fingerprint density at radius 3 is 2.52 bits per heavy atom. The van der Waals surface area contributed by atoms with Crippen molar-refractivity contribution in [2.24, 2.45) is 5.41 Å². The minimum Gasteiger partial charge on any atom is -0.344 e. The van der Waals surface area contributed by atoms with E-state index in [1.54, 1.807) is 10.7 Å². The van der Waals surface area contributed by atoms with Crippen molar-refractivity contribution in [1.29, 1.82) is 0 Å². The summed E-state index contributed by atoms with van der Waals surface area (Å²) < 4.78 is 1.58. The lowest BCUT2D eigenvalue weighted by Crippen LogP contribution is -2.46. The zero-order valence-corrected chi connectivity index (χ0v) is 13.6. The number of rotatable bonds is 3. The van der Waals surface area contributed by atoms with E-state index in [-0.39, 0.29) is 22.7 Å². The zero-order valence-electron chi connectivity index (χ0n) is 13.6. The van der Waals surface area contributed by atoms with E-state index in [1.165, 1.54) is 0 Å².